The van der Waals surface area contributed by atoms with Gasteiger partial charge in [0.05, 0.1) is 5.52 Å². The number of hydrogen-bond acceptors (Lipinski definition) is 5. The van der Waals surface area contributed by atoms with Gasteiger partial charge in [0.25, 0.3) is 5.56 Å². The molecule has 1 saturated heterocycles. The molecule has 3 aromatic rings. The van der Waals surface area contributed by atoms with E-state index < -0.39 is 0 Å². The van der Waals surface area contributed by atoms with Crippen molar-refractivity contribution < 1.29 is 0 Å². The van der Waals surface area contributed by atoms with Crippen LogP contribution in [0.4, 0.5) is 5.95 Å². The summed E-state index contributed by atoms with van der Waals surface area (Å²) < 4.78 is 4.64. The minimum Gasteiger partial charge on any atom is -0.341 e. The molecule has 6 nitrogen and oxygen atoms in total. The minimum atomic E-state index is 0.0475. The Balaban J connectivity index is 1.52. The van der Waals surface area contributed by atoms with E-state index in [4.69, 9.17) is 0 Å². The standard InChI is InChI=1S/C16H19N5OS/c1-3-13-17-5-6-20(13)8-11-9-21(10-11)16-18-12-4-7-23-14(12)15(22)19(16)2/h4-7,11H,3,8-10H2,1-2H3. The Bertz CT molecular complexity index is 903. The summed E-state index contributed by atoms with van der Waals surface area (Å²) in [6, 6.07) is 1.92. The van der Waals surface area contributed by atoms with Gasteiger partial charge in [-0.1, -0.05) is 6.92 Å². The SMILES string of the molecule is CCc1nccn1CC1CN(c2nc3ccsc3c(=O)n2C)C1. The summed E-state index contributed by atoms with van der Waals surface area (Å²) in [7, 11) is 1.81. The number of thiophene rings is 1. The van der Waals surface area contributed by atoms with E-state index in [0.717, 1.165) is 48.0 Å². The maximum absolute atomic E-state index is 12.4. The normalized spacial score (nSPS) is 15.3. The van der Waals surface area contributed by atoms with Crippen LogP contribution >= 0.6 is 11.3 Å². The van der Waals surface area contributed by atoms with Crippen molar-refractivity contribution in [3.63, 3.8) is 0 Å². The van der Waals surface area contributed by atoms with Crippen LogP contribution in [0, 0.1) is 5.92 Å². The summed E-state index contributed by atoms with van der Waals surface area (Å²) in [4.78, 5) is 23.6. The number of fused-ring (bicyclic) bond motifs is 1. The van der Waals surface area contributed by atoms with Gasteiger partial charge in [-0.25, -0.2) is 9.97 Å². The van der Waals surface area contributed by atoms with Gasteiger partial charge in [0.1, 0.15) is 10.5 Å². The molecule has 3 aromatic heterocycles. The Morgan fingerprint density at radius 3 is 3.00 bits per heavy atom. The Morgan fingerprint density at radius 1 is 1.39 bits per heavy atom. The Hall–Kier alpha value is -2.15. The van der Waals surface area contributed by atoms with Gasteiger partial charge in [-0.15, -0.1) is 11.3 Å². The van der Waals surface area contributed by atoms with E-state index in [-0.39, 0.29) is 5.56 Å². The molecule has 23 heavy (non-hydrogen) atoms. The van der Waals surface area contributed by atoms with Crippen molar-refractivity contribution >= 4 is 27.5 Å². The molecular formula is C16H19N5OS. The van der Waals surface area contributed by atoms with E-state index in [2.05, 4.69) is 26.4 Å². The number of nitrogens with zero attached hydrogens (tertiary/aromatic N) is 5. The molecule has 7 heteroatoms. The predicted octanol–water partition coefficient (Wildman–Crippen LogP) is 1.89. The molecule has 120 valence electrons. The van der Waals surface area contributed by atoms with Crippen molar-refractivity contribution in [2.45, 2.75) is 19.9 Å². The largest absolute Gasteiger partial charge is 0.341 e. The first-order chi connectivity index (χ1) is 11.2. The highest BCUT2D eigenvalue weighted by molar-refractivity contribution is 7.17. The molecule has 0 N–H and O–H groups in total. The van der Waals surface area contributed by atoms with Crippen LogP contribution in [0.3, 0.4) is 0 Å². The van der Waals surface area contributed by atoms with Crippen LogP contribution in [0.1, 0.15) is 12.7 Å². The predicted molar refractivity (Wildman–Crippen MR) is 92.2 cm³/mol. The zero-order valence-corrected chi connectivity index (χ0v) is 14.1. The smallest absolute Gasteiger partial charge is 0.272 e. The molecule has 1 fully saturated rings. The average molecular weight is 329 g/mol. The monoisotopic (exact) mass is 329 g/mol. The highest BCUT2D eigenvalue weighted by Crippen LogP contribution is 2.25. The second-order valence-corrected chi connectivity index (χ2v) is 6.95. The lowest BCUT2D eigenvalue weighted by Crippen LogP contribution is -2.50. The molecule has 0 spiro atoms. The van der Waals surface area contributed by atoms with Crippen LogP contribution in [0.25, 0.3) is 10.2 Å². The molecular weight excluding hydrogens is 310 g/mol. The molecule has 0 unspecified atom stereocenters. The number of rotatable bonds is 4. The van der Waals surface area contributed by atoms with Crippen LogP contribution < -0.4 is 10.5 Å². The lowest BCUT2D eigenvalue weighted by Gasteiger charge is -2.40. The second kappa shape index (κ2) is 5.49. The molecule has 0 bridgehead atoms. The summed E-state index contributed by atoms with van der Waals surface area (Å²) >= 11 is 1.46. The summed E-state index contributed by atoms with van der Waals surface area (Å²) in [5.74, 6) is 2.48. The third kappa shape index (κ3) is 2.35. The van der Waals surface area contributed by atoms with Crippen LogP contribution in [0.5, 0.6) is 0 Å². The molecule has 0 aliphatic carbocycles. The van der Waals surface area contributed by atoms with Gasteiger partial charge in [0, 0.05) is 51.4 Å². The van der Waals surface area contributed by atoms with Gasteiger partial charge in [0.2, 0.25) is 5.95 Å². The van der Waals surface area contributed by atoms with Crippen LogP contribution in [0.2, 0.25) is 0 Å². The fraction of sp³-hybridized carbons (Fsp3) is 0.438. The maximum atomic E-state index is 12.4. The fourth-order valence-corrected chi connectivity index (χ4v) is 4.01. The molecule has 0 amide bonds. The van der Waals surface area contributed by atoms with E-state index in [1.807, 2.05) is 30.9 Å². The van der Waals surface area contributed by atoms with Crippen molar-refractivity contribution in [3.8, 4) is 0 Å². The fourth-order valence-electron chi connectivity index (χ4n) is 3.21. The number of hydrogen-bond donors (Lipinski definition) is 0. The van der Waals surface area contributed by atoms with Gasteiger partial charge < -0.3 is 9.47 Å². The number of aromatic nitrogens is 4. The summed E-state index contributed by atoms with van der Waals surface area (Å²) in [6.07, 6.45) is 4.87. The molecule has 0 radical (unpaired) electrons. The van der Waals surface area contributed by atoms with Gasteiger partial charge in [-0.05, 0) is 11.4 Å². The average Bonchev–Trinajstić information content (AvgIpc) is 3.15. The highest BCUT2D eigenvalue weighted by atomic mass is 32.1. The van der Waals surface area contributed by atoms with E-state index in [9.17, 15) is 4.79 Å². The summed E-state index contributed by atoms with van der Waals surface area (Å²) in [5.41, 5.74) is 0.853. The molecule has 1 aliphatic heterocycles. The van der Waals surface area contributed by atoms with Crippen molar-refractivity contribution in [2.75, 3.05) is 18.0 Å². The first-order valence-electron chi connectivity index (χ1n) is 7.86. The van der Waals surface area contributed by atoms with E-state index in [1.54, 1.807) is 4.57 Å². The molecule has 4 heterocycles. The third-order valence-electron chi connectivity index (χ3n) is 4.48. The van der Waals surface area contributed by atoms with Crippen LogP contribution in [0.15, 0.2) is 28.6 Å². The molecule has 4 rings (SSSR count). The van der Waals surface area contributed by atoms with E-state index in [0.29, 0.717) is 5.92 Å². The lowest BCUT2D eigenvalue weighted by molar-refractivity contribution is 0.345. The van der Waals surface area contributed by atoms with Crippen LogP contribution in [-0.4, -0.2) is 32.2 Å². The van der Waals surface area contributed by atoms with Gasteiger partial charge >= 0.3 is 0 Å². The first-order valence-corrected chi connectivity index (χ1v) is 8.74. The topological polar surface area (TPSA) is 56.0 Å². The van der Waals surface area contributed by atoms with Crippen molar-refractivity contribution in [1.29, 1.82) is 0 Å². The second-order valence-electron chi connectivity index (χ2n) is 6.03. The van der Waals surface area contributed by atoms with E-state index in [1.165, 1.54) is 11.3 Å². The lowest BCUT2D eigenvalue weighted by atomic mass is 10.0. The molecule has 0 atom stereocenters. The zero-order valence-electron chi connectivity index (χ0n) is 13.3. The van der Waals surface area contributed by atoms with Crippen LogP contribution in [-0.2, 0) is 20.0 Å². The Morgan fingerprint density at radius 2 is 2.22 bits per heavy atom. The Labute approximate surface area is 138 Å². The van der Waals surface area contributed by atoms with Gasteiger partial charge in [-0.3, -0.25) is 9.36 Å². The van der Waals surface area contributed by atoms with Crippen molar-refractivity contribution in [2.24, 2.45) is 13.0 Å². The van der Waals surface area contributed by atoms with Gasteiger partial charge in [0.15, 0.2) is 0 Å². The maximum Gasteiger partial charge on any atom is 0.272 e. The van der Waals surface area contributed by atoms with Gasteiger partial charge in [-0.2, -0.15) is 0 Å². The van der Waals surface area contributed by atoms with Crippen molar-refractivity contribution in [3.05, 3.63) is 40.0 Å². The number of aryl methyl sites for hydroxylation is 1. The number of imidazole rings is 1. The Kier molecular flexibility index (Phi) is 3.45. The third-order valence-corrected chi connectivity index (χ3v) is 5.37. The molecule has 0 aromatic carbocycles. The molecule has 0 saturated carbocycles. The number of anilines is 1. The van der Waals surface area contributed by atoms with E-state index >= 15 is 0 Å². The minimum absolute atomic E-state index is 0.0475. The first kappa shape index (κ1) is 14.4. The van der Waals surface area contributed by atoms with Crippen molar-refractivity contribution in [1.82, 2.24) is 19.1 Å². The summed E-state index contributed by atoms with van der Waals surface area (Å²) in [5, 5.41) is 1.92. The summed E-state index contributed by atoms with van der Waals surface area (Å²) in [6.45, 7) is 4.96. The zero-order chi connectivity index (χ0) is 16.0. The molecule has 1 aliphatic rings. The quantitative estimate of drug-likeness (QED) is 0.733. The highest BCUT2D eigenvalue weighted by Gasteiger charge is 2.30.